The number of aryl methyl sites for hydroxylation is 1. The second-order valence-corrected chi connectivity index (χ2v) is 5.70. The number of pyridine rings is 1. The standard InChI is InChI=1S/C13H16BrN5/c1-10-9-16-17-19(10)11-4-7-18(8-5-11)13-12(14)3-2-6-15-13/h2-3,6,9,11H,4-5,7-8H2,1H3. The third kappa shape index (κ3) is 2.49. The Morgan fingerprint density at radius 3 is 2.74 bits per heavy atom. The fourth-order valence-electron chi connectivity index (χ4n) is 2.59. The molecule has 3 rings (SSSR count). The van der Waals surface area contributed by atoms with Crippen LogP contribution in [0.1, 0.15) is 24.6 Å². The smallest absolute Gasteiger partial charge is 0.142 e. The monoisotopic (exact) mass is 321 g/mol. The van der Waals surface area contributed by atoms with Crippen LogP contribution in [0, 0.1) is 6.92 Å². The Balaban J connectivity index is 1.70. The van der Waals surface area contributed by atoms with E-state index >= 15 is 0 Å². The van der Waals surface area contributed by atoms with Gasteiger partial charge in [-0.3, -0.25) is 0 Å². The minimum Gasteiger partial charge on any atom is -0.356 e. The molecule has 1 fully saturated rings. The number of anilines is 1. The minimum absolute atomic E-state index is 0.459. The van der Waals surface area contributed by atoms with Crippen LogP contribution in [-0.2, 0) is 0 Å². The summed E-state index contributed by atoms with van der Waals surface area (Å²) in [6.07, 6.45) is 5.82. The van der Waals surface area contributed by atoms with Crippen LogP contribution in [0.5, 0.6) is 0 Å². The number of nitrogens with zero attached hydrogens (tertiary/aromatic N) is 5. The van der Waals surface area contributed by atoms with Crippen LogP contribution in [0.25, 0.3) is 0 Å². The number of hydrogen-bond donors (Lipinski definition) is 0. The molecule has 0 saturated carbocycles. The molecule has 5 nitrogen and oxygen atoms in total. The van der Waals surface area contributed by atoms with Crippen LogP contribution in [0.4, 0.5) is 5.82 Å². The first-order valence-electron chi connectivity index (χ1n) is 6.48. The Bertz CT molecular complexity index is 560. The molecule has 0 spiro atoms. The molecule has 2 aromatic heterocycles. The van der Waals surface area contributed by atoms with E-state index in [0.717, 1.165) is 41.9 Å². The van der Waals surface area contributed by atoms with Crippen molar-refractivity contribution in [1.29, 1.82) is 0 Å². The Kier molecular flexibility index (Phi) is 3.50. The number of halogens is 1. The molecule has 0 aliphatic carbocycles. The van der Waals surface area contributed by atoms with Gasteiger partial charge in [0, 0.05) is 19.3 Å². The Morgan fingerprint density at radius 2 is 2.11 bits per heavy atom. The zero-order valence-electron chi connectivity index (χ0n) is 10.8. The van der Waals surface area contributed by atoms with E-state index in [1.54, 1.807) is 0 Å². The van der Waals surface area contributed by atoms with Gasteiger partial charge in [0.1, 0.15) is 5.82 Å². The maximum absolute atomic E-state index is 4.45. The molecule has 0 aromatic carbocycles. The van der Waals surface area contributed by atoms with Crippen molar-refractivity contribution >= 4 is 21.7 Å². The SMILES string of the molecule is Cc1cnnn1C1CCN(c2ncccc2Br)CC1. The summed E-state index contributed by atoms with van der Waals surface area (Å²) in [5.41, 5.74) is 1.14. The fraction of sp³-hybridized carbons (Fsp3) is 0.462. The molecule has 1 saturated heterocycles. The zero-order chi connectivity index (χ0) is 13.2. The van der Waals surface area contributed by atoms with Crippen LogP contribution < -0.4 is 4.90 Å². The lowest BCUT2D eigenvalue weighted by molar-refractivity contribution is 0.353. The van der Waals surface area contributed by atoms with Gasteiger partial charge in [-0.1, -0.05) is 5.21 Å². The number of rotatable bonds is 2. The molecule has 1 aliphatic rings. The quantitative estimate of drug-likeness (QED) is 0.853. The van der Waals surface area contributed by atoms with Gasteiger partial charge in [0.05, 0.1) is 22.4 Å². The number of hydrogen-bond acceptors (Lipinski definition) is 4. The van der Waals surface area contributed by atoms with E-state index in [-0.39, 0.29) is 0 Å². The molecule has 0 amide bonds. The molecule has 0 atom stereocenters. The molecule has 19 heavy (non-hydrogen) atoms. The van der Waals surface area contributed by atoms with Gasteiger partial charge < -0.3 is 4.90 Å². The molecule has 1 aliphatic heterocycles. The summed E-state index contributed by atoms with van der Waals surface area (Å²) in [6, 6.07) is 4.44. The summed E-state index contributed by atoms with van der Waals surface area (Å²) in [4.78, 5) is 6.78. The summed E-state index contributed by atoms with van der Waals surface area (Å²) in [6.45, 7) is 4.06. The van der Waals surface area contributed by atoms with Crippen molar-refractivity contribution < 1.29 is 0 Å². The molecule has 2 aromatic rings. The summed E-state index contributed by atoms with van der Waals surface area (Å²) in [5.74, 6) is 1.04. The summed E-state index contributed by atoms with van der Waals surface area (Å²) in [7, 11) is 0. The lowest BCUT2D eigenvalue weighted by Crippen LogP contribution is -2.35. The molecule has 3 heterocycles. The normalized spacial score (nSPS) is 16.8. The van der Waals surface area contributed by atoms with Gasteiger partial charge in [-0.15, -0.1) is 5.10 Å². The van der Waals surface area contributed by atoms with Crippen molar-refractivity contribution in [2.45, 2.75) is 25.8 Å². The second kappa shape index (κ2) is 5.28. The largest absolute Gasteiger partial charge is 0.356 e. The second-order valence-electron chi connectivity index (χ2n) is 4.85. The van der Waals surface area contributed by atoms with Gasteiger partial charge in [-0.2, -0.15) is 0 Å². The van der Waals surface area contributed by atoms with Crippen molar-refractivity contribution in [3.63, 3.8) is 0 Å². The Labute approximate surface area is 120 Å². The third-order valence-electron chi connectivity index (χ3n) is 3.60. The predicted molar refractivity (Wildman–Crippen MR) is 77.2 cm³/mol. The first-order chi connectivity index (χ1) is 9.25. The van der Waals surface area contributed by atoms with E-state index in [2.05, 4.69) is 43.0 Å². The van der Waals surface area contributed by atoms with Crippen LogP contribution in [0.2, 0.25) is 0 Å². The Hall–Kier alpha value is -1.43. The van der Waals surface area contributed by atoms with Crippen LogP contribution in [-0.4, -0.2) is 33.1 Å². The molecule has 0 bridgehead atoms. The van der Waals surface area contributed by atoms with E-state index in [1.807, 2.05) is 29.2 Å². The average Bonchev–Trinajstić information content (AvgIpc) is 2.86. The van der Waals surface area contributed by atoms with Gasteiger partial charge in [-0.05, 0) is 47.8 Å². The van der Waals surface area contributed by atoms with Crippen LogP contribution in [0.3, 0.4) is 0 Å². The summed E-state index contributed by atoms with van der Waals surface area (Å²) in [5, 5.41) is 8.15. The number of piperidine rings is 1. The molecule has 0 N–H and O–H groups in total. The summed E-state index contributed by atoms with van der Waals surface area (Å²) >= 11 is 3.57. The van der Waals surface area contributed by atoms with Crippen LogP contribution in [0.15, 0.2) is 29.0 Å². The highest BCUT2D eigenvalue weighted by Crippen LogP contribution is 2.29. The highest BCUT2D eigenvalue weighted by Gasteiger charge is 2.23. The molecule has 0 unspecified atom stereocenters. The maximum atomic E-state index is 4.45. The first kappa shape index (κ1) is 12.6. The zero-order valence-corrected chi connectivity index (χ0v) is 12.4. The fourth-order valence-corrected chi connectivity index (χ4v) is 3.09. The van der Waals surface area contributed by atoms with Crippen molar-refractivity contribution in [3.05, 3.63) is 34.7 Å². The van der Waals surface area contributed by atoms with E-state index in [4.69, 9.17) is 0 Å². The van der Waals surface area contributed by atoms with Gasteiger partial charge in [0.15, 0.2) is 0 Å². The van der Waals surface area contributed by atoms with Crippen molar-refractivity contribution in [3.8, 4) is 0 Å². The molecule has 100 valence electrons. The molecule has 6 heteroatoms. The lowest BCUT2D eigenvalue weighted by Gasteiger charge is -2.33. The molecule has 0 radical (unpaired) electrons. The highest BCUT2D eigenvalue weighted by atomic mass is 79.9. The van der Waals surface area contributed by atoms with Crippen LogP contribution >= 0.6 is 15.9 Å². The predicted octanol–water partition coefficient (Wildman–Crippen LogP) is 2.59. The highest BCUT2D eigenvalue weighted by molar-refractivity contribution is 9.10. The van der Waals surface area contributed by atoms with E-state index in [9.17, 15) is 0 Å². The van der Waals surface area contributed by atoms with E-state index in [1.165, 1.54) is 0 Å². The maximum Gasteiger partial charge on any atom is 0.142 e. The van der Waals surface area contributed by atoms with Gasteiger partial charge in [-0.25, -0.2) is 9.67 Å². The summed E-state index contributed by atoms with van der Waals surface area (Å²) < 4.78 is 3.11. The van der Waals surface area contributed by atoms with Crippen molar-refractivity contribution in [2.75, 3.05) is 18.0 Å². The third-order valence-corrected chi connectivity index (χ3v) is 4.22. The Morgan fingerprint density at radius 1 is 1.32 bits per heavy atom. The van der Waals surface area contributed by atoms with Gasteiger partial charge in [0.25, 0.3) is 0 Å². The topological polar surface area (TPSA) is 46.8 Å². The minimum atomic E-state index is 0.459. The van der Waals surface area contributed by atoms with E-state index < -0.39 is 0 Å². The average molecular weight is 322 g/mol. The van der Waals surface area contributed by atoms with E-state index in [0.29, 0.717) is 6.04 Å². The van der Waals surface area contributed by atoms with Gasteiger partial charge in [0.2, 0.25) is 0 Å². The number of aromatic nitrogens is 4. The lowest BCUT2D eigenvalue weighted by atomic mass is 10.1. The van der Waals surface area contributed by atoms with Crippen molar-refractivity contribution in [1.82, 2.24) is 20.0 Å². The van der Waals surface area contributed by atoms with Gasteiger partial charge >= 0.3 is 0 Å². The molecular weight excluding hydrogens is 306 g/mol. The van der Waals surface area contributed by atoms with Crippen molar-refractivity contribution in [2.24, 2.45) is 0 Å². The molecular formula is C13H16BrN5. The first-order valence-corrected chi connectivity index (χ1v) is 7.27.